The number of hydrogen-bond donors (Lipinski definition) is 1. The van der Waals surface area contributed by atoms with E-state index >= 15 is 0 Å². The van der Waals surface area contributed by atoms with E-state index in [1.54, 1.807) is 17.9 Å². The van der Waals surface area contributed by atoms with Crippen LogP contribution in [0.2, 0.25) is 0 Å². The van der Waals surface area contributed by atoms with Gasteiger partial charge in [0, 0.05) is 0 Å². The highest BCUT2D eigenvalue weighted by molar-refractivity contribution is 5.78. The number of benzene rings is 1. The Hall–Kier alpha value is -2.21. The fourth-order valence-corrected chi connectivity index (χ4v) is 3.91. The molecule has 1 N–H and O–H groups in total. The van der Waals surface area contributed by atoms with E-state index in [-0.39, 0.29) is 18.4 Å². The van der Waals surface area contributed by atoms with Crippen LogP contribution in [0, 0.1) is 11.3 Å². The molecule has 1 aliphatic carbocycles. The zero-order valence-corrected chi connectivity index (χ0v) is 14.1. The third-order valence-corrected chi connectivity index (χ3v) is 5.45. The van der Waals surface area contributed by atoms with Crippen LogP contribution >= 0.6 is 0 Å². The summed E-state index contributed by atoms with van der Waals surface area (Å²) in [5.41, 5.74) is -1.06. The summed E-state index contributed by atoms with van der Waals surface area (Å²) in [4.78, 5) is 16.4. The van der Waals surface area contributed by atoms with E-state index in [1.807, 2.05) is 30.3 Å². The maximum Gasteiger partial charge on any atom is 0.314 e. The monoisotopic (exact) mass is 329 g/mol. The van der Waals surface area contributed by atoms with Gasteiger partial charge in [0.2, 0.25) is 0 Å². The summed E-state index contributed by atoms with van der Waals surface area (Å²) in [7, 11) is 1.37. The molecule has 2 aromatic rings. The van der Waals surface area contributed by atoms with Gasteiger partial charge in [0.05, 0.1) is 19.1 Å². The molecule has 24 heavy (non-hydrogen) atoms. The standard InChI is InChI=1S/C18H23N3O3/c1-17(16(22)24-2)9-8-15(10-14-6-4-3-5-7-14)18(17,23)11-21-13-19-12-20-21/h3-7,12-13,15,23H,8-11H2,1-2H3/t15-,17-,18+/m1/s1. The van der Waals surface area contributed by atoms with Gasteiger partial charge >= 0.3 is 5.97 Å². The van der Waals surface area contributed by atoms with Gasteiger partial charge in [-0.2, -0.15) is 5.10 Å². The normalized spacial score (nSPS) is 29.5. The number of carbonyl (C=O) groups is 1. The zero-order chi connectivity index (χ0) is 17.2. The molecule has 0 bridgehead atoms. The maximum absolute atomic E-state index is 12.5. The Labute approximate surface area is 141 Å². The van der Waals surface area contributed by atoms with Gasteiger partial charge in [-0.3, -0.25) is 9.48 Å². The van der Waals surface area contributed by atoms with Crippen LogP contribution in [0.1, 0.15) is 25.3 Å². The summed E-state index contributed by atoms with van der Waals surface area (Å²) in [5, 5.41) is 15.7. The summed E-state index contributed by atoms with van der Waals surface area (Å²) in [6.07, 6.45) is 5.04. The first kappa shape index (κ1) is 16.6. The van der Waals surface area contributed by atoms with E-state index in [4.69, 9.17) is 4.74 Å². The highest BCUT2D eigenvalue weighted by atomic mass is 16.5. The molecule has 1 saturated carbocycles. The fourth-order valence-electron chi connectivity index (χ4n) is 3.91. The Kier molecular flexibility index (Phi) is 4.41. The van der Waals surface area contributed by atoms with E-state index in [2.05, 4.69) is 10.1 Å². The molecule has 6 nitrogen and oxygen atoms in total. The molecule has 0 aliphatic heterocycles. The second-order valence-corrected chi connectivity index (χ2v) is 6.77. The van der Waals surface area contributed by atoms with Crippen molar-refractivity contribution in [1.82, 2.24) is 14.8 Å². The van der Waals surface area contributed by atoms with Crippen molar-refractivity contribution < 1.29 is 14.6 Å². The number of esters is 1. The smallest absolute Gasteiger partial charge is 0.314 e. The SMILES string of the molecule is COC(=O)[C@@]1(C)CC[C@H](Cc2ccccc2)[C@@]1(O)Cn1cncn1. The van der Waals surface area contributed by atoms with Gasteiger partial charge in [0.1, 0.15) is 18.3 Å². The minimum Gasteiger partial charge on any atom is -0.469 e. The average Bonchev–Trinajstić information content (AvgIpc) is 3.18. The van der Waals surface area contributed by atoms with E-state index in [0.29, 0.717) is 12.8 Å². The topological polar surface area (TPSA) is 77.2 Å². The van der Waals surface area contributed by atoms with E-state index in [1.165, 1.54) is 13.4 Å². The van der Waals surface area contributed by atoms with Gasteiger partial charge in [0.25, 0.3) is 0 Å². The molecule has 1 heterocycles. The van der Waals surface area contributed by atoms with Crippen LogP contribution in [-0.4, -0.2) is 38.6 Å². The minimum absolute atomic E-state index is 0.0619. The van der Waals surface area contributed by atoms with Crippen molar-refractivity contribution >= 4 is 5.97 Å². The third kappa shape index (κ3) is 2.71. The van der Waals surface area contributed by atoms with E-state index < -0.39 is 11.0 Å². The first-order valence-electron chi connectivity index (χ1n) is 8.17. The Balaban J connectivity index is 1.94. The van der Waals surface area contributed by atoms with Gasteiger partial charge in [-0.05, 0) is 37.7 Å². The number of nitrogens with zero attached hydrogens (tertiary/aromatic N) is 3. The van der Waals surface area contributed by atoms with E-state index in [0.717, 1.165) is 12.0 Å². The molecule has 0 radical (unpaired) electrons. The van der Waals surface area contributed by atoms with Crippen LogP contribution in [0.15, 0.2) is 43.0 Å². The van der Waals surface area contributed by atoms with Gasteiger partial charge in [0.15, 0.2) is 0 Å². The quantitative estimate of drug-likeness (QED) is 0.847. The van der Waals surface area contributed by atoms with Crippen molar-refractivity contribution in [2.75, 3.05) is 7.11 Å². The zero-order valence-electron chi connectivity index (χ0n) is 14.1. The summed E-state index contributed by atoms with van der Waals surface area (Å²) in [5.74, 6) is -0.436. The molecule has 1 aromatic heterocycles. The van der Waals surface area contributed by atoms with Crippen LogP contribution < -0.4 is 0 Å². The lowest BCUT2D eigenvalue weighted by molar-refractivity contribution is -0.173. The predicted molar refractivity (Wildman–Crippen MR) is 88.0 cm³/mol. The molecule has 3 rings (SSSR count). The fraction of sp³-hybridized carbons (Fsp3) is 0.500. The minimum atomic E-state index is -1.25. The van der Waals surface area contributed by atoms with Crippen molar-refractivity contribution in [3.8, 4) is 0 Å². The number of carbonyl (C=O) groups excluding carboxylic acids is 1. The van der Waals surface area contributed by atoms with Gasteiger partial charge in [-0.25, -0.2) is 4.98 Å². The molecule has 1 aromatic carbocycles. The molecule has 128 valence electrons. The summed E-state index contributed by atoms with van der Waals surface area (Å²) in [6.45, 7) is 2.01. The van der Waals surface area contributed by atoms with Crippen molar-refractivity contribution in [2.24, 2.45) is 11.3 Å². The lowest BCUT2D eigenvalue weighted by Gasteiger charge is -2.40. The molecule has 1 fully saturated rings. The number of aliphatic hydroxyl groups is 1. The van der Waals surface area contributed by atoms with Crippen molar-refractivity contribution in [1.29, 1.82) is 0 Å². The Morgan fingerprint density at radius 3 is 2.79 bits per heavy atom. The first-order chi connectivity index (χ1) is 11.5. The molecule has 0 saturated heterocycles. The van der Waals surface area contributed by atoms with Gasteiger partial charge in [-0.1, -0.05) is 30.3 Å². The molecule has 6 heteroatoms. The van der Waals surface area contributed by atoms with Crippen molar-refractivity contribution in [3.63, 3.8) is 0 Å². The van der Waals surface area contributed by atoms with Crippen LogP contribution in [0.3, 0.4) is 0 Å². The largest absolute Gasteiger partial charge is 0.469 e. The molecule has 0 spiro atoms. The van der Waals surface area contributed by atoms with Gasteiger partial charge in [-0.15, -0.1) is 0 Å². The maximum atomic E-state index is 12.5. The average molecular weight is 329 g/mol. The highest BCUT2D eigenvalue weighted by Gasteiger charge is 2.61. The number of hydrogen-bond acceptors (Lipinski definition) is 5. The Morgan fingerprint density at radius 2 is 2.17 bits per heavy atom. The van der Waals surface area contributed by atoms with Crippen molar-refractivity contribution in [2.45, 2.75) is 38.3 Å². The number of methoxy groups -OCH3 is 1. The van der Waals surface area contributed by atoms with Gasteiger partial charge < -0.3 is 9.84 Å². The molecule has 3 atom stereocenters. The van der Waals surface area contributed by atoms with E-state index in [9.17, 15) is 9.90 Å². The highest BCUT2D eigenvalue weighted by Crippen LogP contribution is 2.52. The lowest BCUT2D eigenvalue weighted by Crippen LogP contribution is -2.54. The Bertz CT molecular complexity index is 689. The third-order valence-electron chi connectivity index (χ3n) is 5.45. The Morgan fingerprint density at radius 1 is 1.42 bits per heavy atom. The summed E-state index contributed by atoms with van der Waals surface area (Å²) < 4.78 is 6.59. The first-order valence-corrected chi connectivity index (χ1v) is 8.17. The van der Waals surface area contributed by atoms with Crippen LogP contribution in [0.4, 0.5) is 0 Å². The second kappa shape index (κ2) is 6.36. The molecule has 0 unspecified atom stereocenters. The number of aromatic nitrogens is 3. The predicted octanol–water partition coefficient (Wildman–Crippen LogP) is 1.84. The van der Waals surface area contributed by atoms with Crippen LogP contribution in [0.5, 0.6) is 0 Å². The number of rotatable bonds is 5. The molecular weight excluding hydrogens is 306 g/mol. The second-order valence-electron chi connectivity index (χ2n) is 6.77. The molecule has 0 amide bonds. The summed E-state index contributed by atoms with van der Waals surface area (Å²) >= 11 is 0. The van der Waals surface area contributed by atoms with Crippen molar-refractivity contribution in [3.05, 3.63) is 48.5 Å². The number of ether oxygens (including phenoxy) is 1. The molecule has 1 aliphatic rings. The summed E-state index contributed by atoms with van der Waals surface area (Å²) in [6, 6.07) is 10.0. The van der Waals surface area contributed by atoms with Crippen LogP contribution in [0.25, 0.3) is 0 Å². The lowest BCUT2D eigenvalue weighted by atomic mass is 9.71. The molecular formula is C18H23N3O3. The van der Waals surface area contributed by atoms with Crippen LogP contribution in [-0.2, 0) is 22.5 Å².